The number of thiophene rings is 1. The molecule has 3 rings (SSSR count). The lowest BCUT2D eigenvalue weighted by Gasteiger charge is -2.12. The van der Waals surface area contributed by atoms with Crippen molar-refractivity contribution in [3.8, 4) is 0 Å². The number of nitrogens with one attached hydrogen (secondary N) is 3. The molecule has 132 valence electrons. The minimum Gasteiger partial charge on any atom is -0.477 e. The molecule has 2 aromatic heterocycles. The Labute approximate surface area is 149 Å². The molecule has 0 spiro atoms. The highest BCUT2D eigenvalue weighted by Gasteiger charge is 2.19. The summed E-state index contributed by atoms with van der Waals surface area (Å²) < 4.78 is 27.8. The van der Waals surface area contributed by atoms with Gasteiger partial charge in [-0.3, -0.25) is 10.2 Å². The second-order valence-electron chi connectivity index (χ2n) is 5.20. The number of carboxylic acids is 1. The molecule has 6 nitrogen and oxygen atoms in total. The number of benzene rings is 1. The van der Waals surface area contributed by atoms with Crippen LogP contribution in [0.4, 0.5) is 20.2 Å². The number of pyridine rings is 1. The van der Waals surface area contributed by atoms with Crippen molar-refractivity contribution in [3.05, 3.63) is 79.9 Å². The lowest BCUT2D eigenvalue weighted by atomic mass is 10.0. The first-order valence-electron chi connectivity index (χ1n) is 7.22. The monoisotopic (exact) mass is 375 g/mol. The minimum atomic E-state index is -1.15. The second-order valence-corrected chi connectivity index (χ2v) is 6.11. The summed E-state index contributed by atoms with van der Waals surface area (Å²) >= 11 is 0.908. The van der Waals surface area contributed by atoms with Gasteiger partial charge in [-0.15, -0.1) is 11.3 Å². The average Bonchev–Trinajstić information content (AvgIpc) is 3.08. The quantitative estimate of drug-likeness (QED) is 0.512. The van der Waals surface area contributed by atoms with E-state index in [0.29, 0.717) is 0 Å². The van der Waals surface area contributed by atoms with E-state index in [4.69, 9.17) is 10.5 Å². The van der Waals surface area contributed by atoms with Crippen molar-refractivity contribution >= 4 is 34.4 Å². The summed E-state index contributed by atoms with van der Waals surface area (Å²) in [7, 11) is 0. The molecule has 0 aliphatic heterocycles. The summed E-state index contributed by atoms with van der Waals surface area (Å²) in [5.41, 5.74) is -1.31. The number of aromatic amines is 1. The molecule has 0 saturated carbocycles. The number of rotatable bonds is 5. The third kappa shape index (κ3) is 3.24. The molecule has 0 saturated heterocycles. The number of para-hydroxylation sites is 1. The van der Waals surface area contributed by atoms with Gasteiger partial charge in [-0.1, -0.05) is 6.07 Å². The third-order valence-corrected chi connectivity index (χ3v) is 4.45. The smallest absolute Gasteiger partial charge is 0.345 e. The van der Waals surface area contributed by atoms with E-state index < -0.39 is 28.9 Å². The Morgan fingerprint density at radius 2 is 1.92 bits per heavy atom. The largest absolute Gasteiger partial charge is 0.477 e. The van der Waals surface area contributed by atoms with Gasteiger partial charge in [0.25, 0.3) is 5.56 Å². The molecule has 1 aromatic carbocycles. The van der Waals surface area contributed by atoms with E-state index in [1.807, 2.05) is 0 Å². The summed E-state index contributed by atoms with van der Waals surface area (Å²) in [6, 6.07) is 5.94. The van der Waals surface area contributed by atoms with E-state index in [1.54, 1.807) is 0 Å². The van der Waals surface area contributed by atoms with Gasteiger partial charge in [0, 0.05) is 17.1 Å². The van der Waals surface area contributed by atoms with Gasteiger partial charge in [0.05, 0.1) is 17.0 Å². The Morgan fingerprint density at radius 3 is 2.54 bits per heavy atom. The SMILES string of the molecule is N=C(c1csc(C(=O)O)c1)c1c(Nc2c(F)cccc2F)cc[nH]c1=O. The summed E-state index contributed by atoms with van der Waals surface area (Å²) in [6.07, 6.45) is 1.27. The van der Waals surface area contributed by atoms with Gasteiger partial charge in [0.2, 0.25) is 0 Å². The fourth-order valence-corrected chi connectivity index (χ4v) is 3.04. The van der Waals surface area contributed by atoms with Crippen molar-refractivity contribution < 1.29 is 18.7 Å². The number of carbonyl (C=O) groups is 1. The Hall–Kier alpha value is -3.33. The molecule has 0 aliphatic carbocycles. The lowest BCUT2D eigenvalue weighted by Crippen LogP contribution is -2.20. The molecule has 0 unspecified atom stereocenters. The highest BCUT2D eigenvalue weighted by atomic mass is 32.1. The van der Waals surface area contributed by atoms with E-state index >= 15 is 0 Å². The lowest BCUT2D eigenvalue weighted by molar-refractivity contribution is 0.0702. The normalized spacial score (nSPS) is 10.5. The summed E-state index contributed by atoms with van der Waals surface area (Å²) in [5, 5.41) is 21.2. The fraction of sp³-hybridized carbons (Fsp3) is 0. The Balaban J connectivity index is 2.06. The van der Waals surface area contributed by atoms with E-state index in [1.165, 1.54) is 29.8 Å². The molecule has 0 aliphatic rings. The number of H-pyrrole nitrogens is 1. The van der Waals surface area contributed by atoms with Crippen LogP contribution in [0.2, 0.25) is 0 Å². The number of carboxylic acid groups (broad SMARTS) is 1. The predicted octanol–water partition coefficient (Wildman–Crippen LogP) is 3.57. The van der Waals surface area contributed by atoms with Crippen molar-refractivity contribution in [1.29, 1.82) is 5.41 Å². The van der Waals surface area contributed by atoms with Crippen LogP contribution in [0, 0.1) is 17.0 Å². The molecule has 4 N–H and O–H groups in total. The molecular formula is C17H11F2N3O3S. The zero-order valence-electron chi connectivity index (χ0n) is 13.0. The molecule has 0 radical (unpaired) electrons. The number of aromatic nitrogens is 1. The Kier molecular flexibility index (Phi) is 4.63. The molecule has 3 aromatic rings. The minimum absolute atomic E-state index is 0.00627. The highest BCUT2D eigenvalue weighted by Crippen LogP contribution is 2.26. The van der Waals surface area contributed by atoms with E-state index in [2.05, 4.69) is 10.3 Å². The van der Waals surface area contributed by atoms with Gasteiger partial charge in [-0.05, 0) is 24.3 Å². The van der Waals surface area contributed by atoms with Gasteiger partial charge in [-0.25, -0.2) is 13.6 Å². The van der Waals surface area contributed by atoms with Gasteiger partial charge in [0.15, 0.2) is 0 Å². The van der Waals surface area contributed by atoms with Crippen LogP contribution in [-0.2, 0) is 0 Å². The molecule has 26 heavy (non-hydrogen) atoms. The van der Waals surface area contributed by atoms with Crippen LogP contribution in [0.5, 0.6) is 0 Å². The molecule has 0 fully saturated rings. The van der Waals surface area contributed by atoms with Crippen molar-refractivity contribution in [2.75, 3.05) is 5.32 Å². The first-order valence-corrected chi connectivity index (χ1v) is 8.10. The van der Waals surface area contributed by atoms with Gasteiger partial charge >= 0.3 is 5.97 Å². The molecule has 9 heteroatoms. The van der Waals surface area contributed by atoms with E-state index in [-0.39, 0.29) is 27.4 Å². The molecular weight excluding hydrogens is 364 g/mol. The van der Waals surface area contributed by atoms with Gasteiger partial charge < -0.3 is 15.4 Å². The van der Waals surface area contributed by atoms with Crippen LogP contribution in [0.1, 0.15) is 20.8 Å². The molecule has 0 atom stereocenters. The second kappa shape index (κ2) is 6.89. The van der Waals surface area contributed by atoms with Crippen molar-refractivity contribution in [2.45, 2.75) is 0 Å². The third-order valence-electron chi connectivity index (χ3n) is 3.53. The van der Waals surface area contributed by atoms with Crippen LogP contribution in [0.3, 0.4) is 0 Å². The van der Waals surface area contributed by atoms with Crippen LogP contribution < -0.4 is 10.9 Å². The maximum absolute atomic E-state index is 13.9. The number of hydrogen-bond acceptors (Lipinski definition) is 5. The summed E-state index contributed by atoms with van der Waals surface area (Å²) in [4.78, 5) is 25.6. The standard InChI is InChI=1S/C17H11F2N3O3S/c18-9-2-1-3-10(19)15(9)22-11-4-5-21-16(23)13(11)14(20)8-6-12(17(24)25)26-7-8/h1-7,20H,(H,24,25)(H2,21,22,23). The van der Waals surface area contributed by atoms with Crippen molar-refractivity contribution in [3.63, 3.8) is 0 Å². The predicted molar refractivity (Wildman–Crippen MR) is 93.9 cm³/mol. The van der Waals surface area contributed by atoms with Crippen molar-refractivity contribution in [1.82, 2.24) is 4.98 Å². The van der Waals surface area contributed by atoms with E-state index in [9.17, 15) is 18.4 Å². The number of hydrogen-bond donors (Lipinski definition) is 4. The maximum atomic E-state index is 13.9. The number of anilines is 2. The summed E-state index contributed by atoms with van der Waals surface area (Å²) in [5.74, 6) is -2.86. The average molecular weight is 375 g/mol. The zero-order chi connectivity index (χ0) is 18.8. The fourth-order valence-electron chi connectivity index (χ4n) is 2.31. The van der Waals surface area contributed by atoms with Gasteiger partial charge in [0.1, 0.15) is 22.2 Å². The Bertz CT molecular complexity index is 1050. The molecule has 0 bridgehead atoms. The van der Waals surface area contributed by atoms with Crippen molar-refractivity contribution in [2.24, 2.45) is 0 Å². The van der Waals surface area contributed by atoms with E-state index in [0.717, 1.165) is 23.5 Å². The van der Waals surface area contributed by atoms with Crippen LogP contribution >= 0.6 is 11.3 Å². The maximum Gasteiger partial charge on any atom is 0.345 e. The van der Waals surface area contributed by atoms with Crippen LogP contribution in [0.25, 0.3) is 0 Å². The van der Waals surface area contributed by atoms with Crippen LogP contribution in [0.15, 0.2) is 46.7 Å². The molecule has 0 amide bonds. The topological polar surface area (TPSA) is 106 Å². The summed E-state index contributed by atoms with van der Waals surface area (Å²) in [6.45, 7) is 0. The molecule has 2 heterocycles. The van der Waals surface area contributed by atoms with Gasteiger partial charge in [-0.2, -0.15) is 0 Å². The highest BCUT2D eigenvalue weighted by molar-refractivity contribution is 7.12. The number of aromatic carboxylic acids is 1. The van der Waals surface area contributed by atoms with Crippen LogP contribution in [-0.4, -0.2) is 21.8 Å². The zero-order valence-corrected chi connectivity index (χ0v) is 13.8. The first-order chi connectivity index (χ1) is 12.4. The number of halogens is 2. The first kappa shape index (κ1) is 17.5. The Morgan fingerprint density at radius 1 is 1.23 bits per heavy atom.